The molecule has 0 saturated heterocycles. The van der Waals surface area contributed by atoms with Gasteiger partial charge in [-0.15, -0.1) is 0 Å². The molecule has 31 heavy (non-hydrogen) atoms. The largest absolute Gasteiger partial charge is 0.507 e. The average Bonchev–Trinajstić information content (AvgIpc) is 3.31. The number of carbonyl (C=O) groups excluding carboxylic acids is 1. The number of ether oxygens (including phenoxy) is 1. The van der Waals surface area contributed by atoms with Crippen LogP contribution in [0.15, 0.2) is 47.7 Å². The van der Waals surface area contributed by atoms with Gasteiger partial charge in [-0.25, -0.2) is 9.78 Å². The minimum Gasteiger partial charge on any atom is -0.507 e. The smallest absolute Gasteiger partial charge is 0.330 e. The third-order valence-electron chi connectivity index (χ3n) is 5.27. The molecule has 0 bridgehead atoms. The molecule has 0 radical (unpaired) electrons. The van der Waals surface area contributed by atoms with Gasteiger partial charge >= 0.3 is 11.7 Å². The minimum absolute atomic E-state index is 0.0929. The van der Waals surface area contributed by atoms with Gasteiger partial charge in [0.15, 0.2) is 0 Å². The number of esters is 1. The lowest BCUT2D eigenvalue weighted by Crippen LogP contribution is -2.17. The van der Waals surface area contributed by atoms with E-state index in [-0.39, 0.29) is 23.3 Å². The molecule has 2 N–H and O–H groups in total. The summed E-state index contributed by atoms with van der Waals surface area (Å²) < 4.78 is 8.83. The van der Waals surface area contributed by atoms with E-state index >= 15 is 0 Å². The van der Waals surface area contributed by atoms with Crippen LogP contribution in [-0.2, 0) is 18.3 Å². The maximum Gasteiger partial charge on any atom is 0.330 e. The number of fused-ring (bicyclic) bond motifs is 1. The Labute approximate surface area is 178 Å². The summed E-state index contributed by atoms with van der Waals surface area (Å²) in [5, 5.41) is 10.8. The van der Waals surface area contributed by atoms with Crippen LogP contribution in [0.1, 0.15) is 26.3 Å². The minimum atomic E-state index is -0.373. The second-order valence-electron chi connectivity index (χ2n) is 7.72. The number of aromatic nitrogens is 4. The maximum atomic E-state index is 12.7. The number of hydrogen-bond acceptors (Lipinski definition) is 5. The summed E-state index contributed by atoms with van der Waals surface area (Å²) in [4.78, 5) is 31.9. The van der Waals surface area contributed by atoms with E-state index in [0.29, 0.717) is 34.6 Å². The van der Waals surface area contributed by atoms with Crippen molar-refractivity contribution in [3.05, 3.63) is 58.9 Å². The zero-order valence-corrected chi connectivity index (χ0v) is 17.8. The van der Waals surface area contributed by atoms with E-state index in [1.54, 1.807) is 32.4 Å². The van der Waals surface area contributed by atoms with Gasteiger partial charge in [0.1, 0.15) is 17.0 Å². The van der Waals surface area contributed by atoms with Crippen LogP contribution >= 0.6 is 0 Å². The number of para-hydroxylation sites is 1. The molecule has 8 heteroatoms. The summed E-state index contributed by atoms with van der Waals surface area (Å²) in [5.41, 5.74) is 3.49. The lowest BCUT2D eigenvalue weighted by Gasteiger charge is -2.15. The lowest BCUT2D eigenvalue weighted by molar-refractivity contribution is -0.137. The molecule has 0 atom stereocenters. The number of aryl methyl sites for hydroxylation is 2. The molecular formula is C23H24N4O4. The molecule has 0 saturated carbocycles. The van der Waals surface area contributed by atoms with E-state index in [1.807, 2.05) is 36.7 Å². The fraction of sp³-hybridized carbons (Fsp3) is 0.261. The van der Waals surface area contributed by atoms with E-state index in [2.05, 4.69) is 9.97 Å². The first kappa shape index (κ1) is 20.5. The van der Waals surface area contributed by atoms with Gasteiger partial charge in [0.2, 0.25) is 0 Å². The molecule has 0 amide bonds. The van der Waals surface area contributed by atoms with Gasteiger partial charge in [-0.1, -0.05) is 26.8 Å². The molecule has 4 rings (SSSR count). The van der Waals surface area contributed by atoms with E-state index < -0.39 is 0 Å². The molecule has 0 aliphatic rings. The van der Waals surface area contributed by atoms with Crippen molar-refractivity contribution in [2.45, 2.75) is 27.2 Å². The predicted molar refractivity (Wildman–Crippen MR) is 118 cm³/mol. The van der Waals surface area contributed by atoms with Crippen molar-refractivity contribution in [1.82, 2.24) is 19.1 Å². The van der Waals surface area contributed by atoms with Crippen molar-refractivity contribution in [3.63, 3.8) is 0 Å². The Morgan fingerprint density at radius 1 is 1.29 bits per heavy atom. The number of aromatic hydroxyl groups is 1. The van der Waals surface area contributed by atoms with E-state index in [4.69, 9.17) is 4.74 Å². The number of nitrogens with zero attached hydrogens (tertiary/aromatic N) is 3. The number of benzene rings is 2. The fourth-order valence-electron chi connectivity index (χ4n) is 3.55. The van der Waals surface area contributed by atoms with Crippen LogP contribution in [-0.4, -0.2) is 30.2 Å². The number of imidazole rings is 2. The third kappa shape index (κ3) is 3.50. The summed E-state index contributed by atoms with van der Waals surface area (Å²) >= 11 is 0. The number of hydrogen-bond donors (Lipinski definition) is 2. The van der Waals surface area contributed by atoms with Gasteiger partial charge < -0.3 is 19.4 Å². The van der Waals surface area contributed by atoms with Gasteiger partial charge in [-0.2, -0.15) is 0 Å². The molecule has 0 aliphatic heterocycles. The molecule has 2 heterocycles. The Balaban J connectivity index is 1.89. The van der Waals surface area contributed by atoms with Gasteiger partial charge in [0.05, 0.1) is 29.1 Å². The van der Waals surface area contributed by atoms with Crippen molar-refractivity contribution in [3.8, 4) is 28.4 Å². The normalized spacial score (nSPS) is 11.4. The summed E-state index contributed by atoms with van der Waals surface area (Å²) in [6, 6.07) is 8.76. The first-order chi connectivity index (χ1) is 14.8. The molecule has 0 fully saturated rings. The topological polar surface area (TPSA) is 102 Å². The van der Waals surface area contributed by atoms with Crippen LogP contribution in [0.4, 0.5) is 0 Å². The number of rotatable bonds is 5. The molecule has 4 aromatic rings. The van der Waals surface area contributed by atoms with E-state index in [9.17, 15) is 14.7 Å². The van der Waals surface area contributed by atoms with Crippen molar-refractivity contribution in [2.24, 2.45) is 13.0 Å². The zero-order chi connectivity index (χ0) is 22.3. The predicted octanol–water partition coefficient (Wildman–Crippen LogP) is 3.55. The first-order valence-corrected chi connectivity index (χ1v) is 10.1. The first-order valence-electron chi connectivity index (χ1n) is 10.1. The van der Waals surface area contributed by atoms with Crippen molar-refractivity contribution in [2.75, 3.05) is 0 Å². The molecular weight excluding hydrogens is 396 g/mol. The van der Waals surface area contributed by atoms with Crippen molar-refractivity contribution < 1.29 is 14.6 Å². The van der Waals surface area contributed by atoms with Crippen LogP contribution in [0.2, 0.25) is 0 Å². The number of carbonyl (C=O) groups is 1. The number of phenolic OH excluding ortho intramolecular Hbond substituents is 1. The number of H-pyrrole nitrogens is 1. The third-order valence-corrected chi connectivity index (χ3v) is 5.27. The van der Waals surface area contributed by atoms with Gasteiger partial charge in [0, 0.05) is 24.9 Å². The lowest BCUT2D eigenvalue weighted by atomic mass is 10.0. The summed E-state index contributed by atoms with van der Waals surface area (Å²) in [6.07, 6.45) is 3.83. The molecule has 0 spiro atoms. The highest BCUT2D eigenvalue weighted by molar-refractivity contribution is 5.86. The Morgan fingerprint density at radius 3 is 2.77 bits per heavy atom. The summed E-state index contributed by atoms with van der Waals surface area (Å²) in [6.45, 7) is 5.43. The van der Waals surface area contributed by atoms with Gasteiger partial charge in [-0.05, 0) is 30.2 Å². The molecule has 0 aliphatic carbocycles. The standard InChI is InChI=1S/C23H24N4O4/c1-5-14-9-15(19(28)10-20(14)31-22(29)13(2)3)18-11-24-23(30)27(18)17-8-6-7-16-21(17)25-12-26(16)4/h6-13,28H,5H2,1-4H3,(H,24,30). The maximum absolute atomic E-state index is 12.7. The fourth-order valence-corrected chi connectivity index (χ4v) is 3.55. The molecule has 160 valence electrons. The Kier molecular flexibility index (Phi) is 5.14. The van der Waals surface area contributed by atoms with Crippen LogP contribution < -0.4 is 10.4 Å². The van der Waals surface area contributed by atoms with Gasteiger partial charge in [-0.3, -0.25) is 9.36 Å². The molecule has 2 aromatic carbocycles. The Bertz CT molecular complexity index is 1340. The number of phenols is 1. The highest BCUT2D eigenvalue weighted by atomic mass is 16.5. The zero-order valence-electron chi connectivity index (χ0n) is 17.8. The summed E-state index contributed by atoms with van der Waals surface area (Å²) in [7, 11) is 1.89. The molecule has 0 unspecified atom stereocenters. The highest BCUT2D eigenvalue weighted by Gasteiger charge is 2.20. The van der Waals surface area contributed by atoms with Crippen LogP contribution in [0.5, 0.6) is 11.5 Å². The Morgan fingerprint density at radius 2 is 2.06 bits per heavy atom. The molecule has 2 aromatic heterocycles. The second kappa shape index (κ2) is 7.79. The Hall–Kier alpha value is -3.81. The highest BCUT2D eigenvalue weighted by Crippen LogP contribution is 2.37. The van der Waals surface area contributed by atoms with E-state index in [0.717, 1.165) is 11.1 Å². The average molecular weight is 420 g/mol. The van der Waals surface area contributed by atoms with Gasteiger partial charge in [0.25, 0.3) is 0 Å². The summed E-state index contributed by atoms with van der Waals surface area (Å²) in [5.74, 6) is -0.439. The van der Waals surface area contributed by atoms with E-state index in [1.165, 1.54) is 10.6 Å². The number of nitrogens with one attached hydrogen (secondary N) is 1. The monoisotopic (exact) mass is 420 g/mol. The second-order valence-corrected chi connectivity index (χ2v) is 7.72. The van der Waals surface area contributed by atoms with Crippen molar-refractivity contribution in [1.29, 1.82) is 0 Å². The quantitative estimate of drug-likeness (QED) is 0.380. The van der Waals surface area contributed by atoms with Crippen LogP contribution in [0.3, 0.4) is 0 Å². The molecule has 8 nitrogen and oxygen atoms in total. The van der Waals surface area contributed by atoms with Crippen LogP contribution in [0, 0.1) is 5.92 Å². The van der Waals surface area contributed by atoms with Crippen molar-refractivity contribution >= 4 is 17.0 Å². The SMILES string of the molecule is CCc1cc(-c2c[nH]c(=O)n2-c2cccc3c2ncn3C)c(O)cc1OC(=O)C(C)C. The van der Waals surface area contributed by atoms with Crippen LogP contribution in [0.25, 0.3) is 28.0 Å². The number of aromatic amines is 1.